The molecule has 3 aliphatic rings. The number of nitrogens with one attached hydrogen (secondary N) is 4. The van der Waals surface area contributed by atoms with Crippen LogP contribution in [0.1, 0.15) is 176 Å². The maximum atomic E-state index is 14.4. The molecule has 1 aliphatic carbocycles. The highest BCUT2D eigenvalue weighted by Gasteiger charge is 2.45. The van der Waals surface area contributed by atoms with E-state index in [1.54, 1.807) is 0 Å². The van der Waals surface area contributed by atoms with Gasteiger partial charge in [0.05, 0.1) is 18.5 Å². The minimum absolute atomic E-state index is 0.0618. The van der Waals surface area contributed by atoms with Crippen LogP contribution < -0.4 is 26.7 Å². The summed E-state index contributed by atoms with van der Waals surface area (Å²) in [4.78, 5) is 52.5. The summed E-state index contributed by atoms with van der Waals surface area (Å²) in [5.41, 5.74) is 11.7. The van der Waals surface area contributed by atoms with Crippen LogP contribution in [0.3, 0.4) is 0 Å². The van der Waals surface area contributed by atoms with Gasteiger partial charge in [-0.15, -0.1) is 0 Å². The van der Waals surface area contributed by atoms with Gasteiger partial charge in [-0.1, -0.05) is 99.0 Å². The second-order valence-electron chi connectivity index (χ2n) is 19.9. The zero-order valence-electron chi connectivity index (χ0n) is 41.2. The molecule has 0 radical (unpaired) electrons. The van der Waals surface area contributed by atoms with Gasteiger partial charge in [0.15, 0.2) is 5.78 Å². The zero-order valence-corrected chi connectivity index (χ0v) is 41.2. The van der Waals surface area contributed by atoms with Crippen molar-refractivity contribution in [1.29, 1.82) is 0 Å². The Morgan fingerprint density at radius 2 is 1.44 bits per heavy atom. The number of carbonyl (C=O) groups is 3. The summed E-state index contributed by atoms with van der Waals surface area (Å²) < 4.78 is 11.1. The molecule has 0 saturated heterocycles. The Morgan fingerprint density at radius 3 is 2.09 bits per heavy atom. The SMILES string of the molecule is CCc1c2[nH]c(c1C)/C=c1\[nH]/c(c(C)c1CC)=C\C1NC(=C(CCC(=O)OC/C=C(\C)CCC[C@H](C)CCC[C@H](C)CCCC(C)C)[C@@H]1C)C1=c3[nH]/c(c(C)c3C(=O)[C@H]1C(=O)OC)=C\2. The van der Waals surface area contributed by atoms with E-state index >= 15 is 0 Å². The molecule has 8 bridgehead atoms. The van der Waals surface area contributed by atoms with Gasteiger partial charge in [0.25, 0.3) is 0 Å². The molecular formula is C55H78N4O5. The van der Waals surface area contributed by atoms with Gasteiger partial charge >= 0.3 is 11.9 Å². The third-order valence-electron chi connectivity index (χ3n) is 14.7. The van der Waals surface area contributed by atoms with Gasteiger partial charge in [-0.25, -0.2) is 0 Å². The van der Waals surface area contributed by atoms with Crippen molar-refractivity contribution in [3.05, 3.63) is 89.1 Å². The summed E-state index contributed by atoms with van der Waals surface area (Å²) in [6.07, 6.45) is 22.2. The average molecular weight is 875 g/mol. The number of esters is 2. The standard InChI is InChI=1S/C55H78N4O5/c1-13-39-35(8)42-28-44-37(10)41(24-25-48(60)64-27-26-34(7)23-17-22-33(6)21-16-20-32(5)19-15-18-31(3)4)52(58-44)50-51(55(62)63-12)54(61)49-38(11)45(59-53(49)50)30-47-40(14-2)36(9)43(57-47)29-46(39)56-42/h26,28-33,37,44,51,56-59H,13-25,27H2,1-12H3/b34-26+,42-28-,45-30-,46-29-/t32-,33-,37+,44?,51+/m1/s1. The van der Waals surface area contributed by atoms with E-state index in [1.807, 2.05) is 13.0 Å². The molecule has 3 aromatic rings. The van der Waals surface area contributed by atoms with Gasteiger partial charge in [-0.05, 0) is 135 Å². The molecule has 6 rings (SSSR count). The number of fused-ring (bicyclic) bond motifs is 8. The third-order valence-corrected chi connectivity index (χ3v) is 14.7. The van der Waals surface area contributed by atoms with Crippen LogP contribution >= 0.6 is 0 Å². The van der Waals surface area contributed by atoms with E-state index in [4.69, 9.17) is 9.47 Å². The fraction of sp³-hybridized carbons (Fsp3) is 0.582. The van der Waals surface area contributed by atoms with Gasteiger partial charge in [0.1, 0.15) is 12.5 Å². The smallest absolute Gasteiger partial charge is 0.321 e. The Kier molecular flexibility index (Phi) is 16.3. The Labute approximate surface area is 382 Å². The number of carbonyl (C=O) groups excluding carboxylic acids is 3. The minimum Gasteiger partial charge on any atom is -0.468 e. The van der Waals surface area contributed by atoms with Crippen LogP contribution in [0.2, 0.25) is 0 Å². The number of methoxy groups -OCH3 is 1. The number of H-pyrrole nitrogens is 3. The largest absolute Gasteiger partial charge is 0.468 e. The summed E-state index contributed by atoms with van der Waals surface area (Å²) in [6, 6.07) is -0.183. The molecule has 64 heavy (non-hydrogen) atoms. The fourth-order valence-electron chi connectivity index (χ4n) is 10.6. The van der Waals surface area contributed by atoms with Crippen molar-refractivity contribution < 1.29 is 23.9 Å². The van der Waals surface area contributed by atoms with Crippen LogP contribution in [-0.4, -0.2) is 52.4 Å². The number of Topliss-reactive ketones (excluding diaryl/α,β-unsaturated/α-hetero) is 1. The molecule has 348 valence electrons. The lowest BCUT2D eigenvalue weighted by Crippen LogP contribution is -2.32. The molecule has 5 heterocycles. The van der Waals surface area contributed by atoms with E-state index in [-0.39, 0.29) is 36.7 Å². The second-order valence-corrected chi connectivity index (χ2v) is 19.9. The monoisotopic (exact) mass is 875 g/mol. The normalized spacial score (nSPS) is 20.7. The topological polar surface area (TPSA) is 129 Å². The number of hydrogen-bond donors (Lipinski definition) is 4. The van der Waals surface area contributed by atoms with Crippen LogP contribution in [0.5, 0.6) is 0 Å². The maximum Gasteiger partial charge on any atom is 0.321 e. The summed E-state index contributed by atoms with van der Waals surface area (Å²) in [5, 5.41) is 7.32. The quantitative estimate of drug-likeness (QED) is 0.0510. The minimum atomic E-state index is -1.14. The number of rotatable bonds is 20. The molecule has 1 unspecified atom stereocenters. The zero-order chi connectivity index (χ0) is 46.4. The predicted molar refractivity (Wildman–Crippen MR) is 260 cm³/mol. The van der Waals surface area contributed by atoms with Crippen LogP contribution in [0, 0.1) is 50.4 Å². The molecule has 0 aromatic carbocycles. The maximum absolute atomic E-state index is 14.4. The van der Waals surface area contributed by atoms with E-state index in [1.165, 1.54) is 79.9 Å². The summed E-state index contributed by atoms with van der Waals surface area (Å²) >= 11 is 0. The van der Waals surface area contributed by atoms with Gasteiger partial charge in [0, 0.05) is 56.6 Å². The second kappa shape index (κ2) is 21.5. The van der Waals surface area contributed by atoms with Crippen molar-refractivity contribution in [3.63, 3.8) is 0 Å². The third kappa shape index (κ3) is 10.7. The van der Waals surface area contributed by atoms with Gasteiger partial charge in [-0.3, -0.25) is 14.4 Å². The lowest BCUT2D eigenvalue weighted by Gasteiger charge is -2.17. The molecular weight excluding hydrogens is 797 g/mol. The molecule has 2 aliphatic heterocycles. The Bertz CT molecular complexity index is 2520. The first kappa shape index (κ1) is 48.7. The molecule has 9 heteroatoms. The highest BCUT2D eigenvalue weighted by atomic mass is 16.5. The molecule has 0 amide bonds. The first-order valence-corrected chi connectivity index (χ1v) is 24.6. The molecule has 0 spiro atoms. The van der Waals surface area contributed by atoms with Crippen LogP contribution in [0.25, 0.3) is 23.8 Å². The number of hydrogen-bond acceptors (Lipinski definition) is 6. The van der Waals surface area contributed by atoms with Crippen molar-refractivity contribution in [2.24, 2.45) is 29.6 Å². The number of aromatic nitrogens is 3. The van der Waals surface area contributed by atoms with Gasteiger partial charge in [0.2, 0.25) is 0 Å². The predicted octanol–water partition coefficient (Wildman–Crippen LogP) is 8.88. The molecule has 4 N–H and O–H groups in total. The first-order chi connectivity index (χ1) is 30.6. The van der Waals surface area contributed by atoms with Gasteiger partial charge < -0.3 is 29.7 Å². The molecule has 0 saturated carbocycles. The van der Waals surface area contributed by atoms with Crippen molar-refractivity contribution in [1.82, 2.24) is 20.3 Å². The fourth-order valence-corrected chi connectivity index (χ4v) is 10.6. The van der Waals surface area contributed by atoms with Gasteiger partial charge in [-0.2, -0.15) is 0 Å². The van der Waals surface area contributed by atoms with E-state index in [9.17, 15) is 14.4 Å². The van der Waals surface area contributed by atoms with E-state index in [0.29, 0.717) is 22.9 Å². The number of aromatic amines is 3. The molecule has 3 aromatic heterocycles. The van der Waals surface area contributed by atoms with Crippen molar-refractivity contribution >= 4 is 41.5 Å². The first-order valence-electron chi connectivity index (χ1n) is 24.6. The lowest BCUT2D eigenvalue weighted by atomic mass is 9.88. The molecule has 9 nitrogen and oxygen atoms in total. The number of allylic oxidation sites excluding steroid dienone is 2. The Hall–Kier alpha value is -4.79. The number of ketones is 1. The summed E-state index contributed by atoms with van der Waals surface area (Å²) in [5.74, 6) is 0.00111. The van der Waals surface area contributed by atoms with Crippen LogP contribution in [0.15, 0.2) is 22.9 Å². The summed E-state index contributed by atoms with van der Waals surface area (Å²) in [7, 11) is 1.33. The number of ether oxygens (including phenoxy) is 2. The van der Waals surface area contributed by atoms with Crippen LogP contribution in [0.4, 0.5) is 0 Å². The Morgan fingerprint density at radius 1 is 0.781 bits per heavy atom. The molecule has 5 atom stereocenters. The van der Waals surface area contributed by atoms with Crippen molar-refractivity contribution in [2.75, 3.05) is 13.7 Å². The molecule has 0 fully saturated rings. The highest BCUT2D eigenvalue weighted by molar-refractivity contribution is 6.20. The lowest BCUT2D eigenvalue weighted by molar-refractivity contribution is -0.143. The van der Waals surface area contributed by atoms with Crippen LogP contribution in [-0.2, 0) is 31.9 Å². The van der Waals surface area contributed by atoms with Crippen molar-refractivity contribution in [3.8, 4) is 0 Å². The summed E-state index contributed by atoms with van der Waals surface area (Å²) in [6.45, 7) is 24.6. The van der Waals surface area contributed by atoms with Crippen molar-refractivity contribution in [2.45, 2.75) is 166 Å². The van der Waals surface area contributed by atoms with E-state index in [2.05, 4.69) is 108 Å². The average Bonchev–Trinajstić information content (AvgIpc) is 3.99. The van der Waals surface area contributed by atoms with E-state index < -0.39 is 11.9 Å². The van der Waals surface area contributed by atoms with E-state index in [0.717, 1.165) is 87.7 Å². The Balaban J connectivity index is 1.23. The highest BCUT2D eigenvalue weighted by Crippen LogP contribution is 2.39.